The summed E-state index contributed by atoms with van der Waals surface area (Å²) < 4.78 is 114. The summed E-state index contributed by atoms with van der Waals surface area (Å²) in [6.07, 6.45) is 6.50. The van der Waals surface area contributed by atoms with Crippen molar-refractivity contribution in [2.45, 2.75) is 140 Å². The van der Waals surface area contributed by atoms with Gasteiger partial charge in [-0.05, 0) is 176 Å². The minimum absolute atomic E-state index is 0. The molecule has 0 bridgehead atoms. The molecule has 418 valence electrons. The number of nitrogens with one attached hydrogen (secondary N) is 3. The average molecular weight is 1160 g/mol. The number of carbonyl (C=O) groups is 3. The smallest absolute Gasteiger partial charge is 1.00 e. The molecule has 4 heterocycles. The van der Waals surface area contributed by atoms with Gasteiger partial charge in [0.2, 0.25) is 11.8 Å². The molecule has 77 heavy (non-hydrogen) atoms. The Morgan fingerprint density at radius 3 is 1.56 bits per heavy atom. The van der Waals surface area contributed by atoms with Gasteiger partial charge in [-0.25, -0.2) is 0 Å². The van der Waals surface area contributed by atoms with E-state index in [1.54, 1.807) is 0 Å². The van der Waals surface area contributed by atoms with Gasteiger partial charge in [0.15, 0.2) is 11.2 Å². The largest absolute Gasteiger partial charge is 1.00 e. The second-order valence-corrected chi connectivity index (χ2v) is 23.1. The first-order chi connectivity index (χ1) is 35.6. The summed E-state index contributed by atoms with van der Waals surface area (Å²) in [7, 11) is -3.39. The number of aromatic nitrogens is 2. The number of hydrogen-bond donors (Lipinski definition) is 3. The van der Waals surface area contributed by atoms with E-state index in [1.165, 1.54) is 37.8 Å². The zero-order chi connectivity index (χ0) is 54.1. The number of alkyl halides is 6. The molecule has 2 aliphatic heterocycles. The molecule has 4 aliphatic carbocycles. The maximum atomic E-state index is 13.1. The van der Waals surface area contributed by atoms with Gasteiger partial charge in [0.1, 0.15) is 0 Å². The monoisotopic (exact) mass is 1160 g/mol. The fourth-order valence-electron chi connectivity index (χ4n) is 10.8. The number of piperidine rings is 2. The number of benzene rings is 2. The number of fused-ring (bicyclic) bond motifs is 2. The molecule has 2 unspecified atom stereocenters. The fraction of sp³-hybridized carbons (Fsp3) is 0.673. The van der Waals surface area contributed by atoms with Gasteiger partial charge in [-0.2, -0.15) is 34.8 Å². The Morgan fingerprint density at radius 2 is 1.14 bits per heavy atom. The number of halogens is 6. The molecule has 6 aliphatic rings. The first-order valence-electron chi connectivity index (χ1n) is 26.1. The molecule has 25 heteroatoms. The van der Waals surface area contributed by atoms with Crippen LogP contribution in [-0.4, -0.2) is 99.6 Å². The predicted octanol–water partition coefficient (Wildman–Crippen LogP) is 2.52. The van der Waals surface area contributed by atoms with Gasteiger partial charge in [-0.15, -0.1) is 0 Å². The third kappa shape index (κ3) is 20.1. The molecule has 2 aromatic heterocycles. The molecule has 0 radical (unpaired) electrons. The molecular weight excluding hydrogens is 1090 g/mol. The van der Waals surface area contributed by atoms with Gasteiger partial charge in [-0.1, -0.05) is 24.2 Å². The molecule has 3 N–H and O–H groups in total. The van der Waals surface area contributed by atoms with E-state index in [1.807, 2.05) is 0 Å². The zero-order valence-corrected chi connectivity index (χ0v) is 51.6. The number of amides is 2. The Balaban J connectivity index is 0.000000252. The topological polar surface area (TPSA) is 218 Å². The van der Waals surface area contributed by atoms with Gasteiger partial charge in [0.05, 0.1) is 35.4 Å². The van der Waals surface area contributed by atoms with Crippen molar-refractivity contribution in [3.63, 3.8) is 0 Å². The zero-order valence-electron chi connectivity index (χ0n) is 45.6. The Kier molecular flexibility index (Phi) is 25.9. The summed E-state index contributed by atoms with van der Waals surface area (Å²) in [4.78, 5) is 38.2. The van der Waals surface area contributed by atoms with E-state index in [0.29, 0.717) is 51.3 Å². The molecule has 10 rings (SSSR count). The Morgan fingerprint density at radius 1 is 0.727 bits per heavy atom. The molecule has 0 spiro atoms. The van der Waals surface area contributed by atoms with Gasteiger partial charge < -0.3 is 41.5 Å². The van der Waals surface area contributed by atoms with E-state index < -0.39 is 33.6 Å². The molecular formula is C52H70F6K2N6O10S. The number of nitrogens with zero attached hydrogens (tertiary/aromatic N) is 3. The van der Waals surface area contributed by atoms with Crippen molar-refractivity contribution >= 4 is 50.3 Å². The van der Waals surface area contributed by atoms with Crippen LogP contribution in [0.25, 0.3) is 21.9 Å². The Hall–Kier alpha value is -1.57. The van der Waals surface area contributed by atoms with Crippen molar-refractivity contribution in [3.05, 3.63) is 58.9 Å². The van der Waals surface area contributed by atoms with Crippen LogP contribution < -0.4 is 124 Å². The Labute approximate surface area is 532 Å². The summed E-state index contributed by atoms with van der Waals surface area (Å²) in [5.41, 5.74) is 0.793. The van der Waals surface area contributed by atoms with Gasteiger partial charge in [0, 0.05) is 53.1 Å². The van der Waals surface area contributed by atoms with Crippen LogP contribution in [0.1, 0.15) is 140 Å². The van der Waals surface area contributed by atoms with Crippen molar-refractivity contribution in [2.24, 2.45) is 35.5 Å². The van der Waals surface area contributed by atoms with Crippen LogP contribution in [0.3, 0.4) is 0 Å². The number of likely N-dealkylation sites (tertiary alicyclic amines) is 1. The van der Waals surface area contributed by atoms with Crippen LogP contribution in [0.4, 0.5) is 26.3 Å². The van der Waals surface area contributed by atoms with Gasteiger partial charge >= 0.3 is 115 Å². The number of carbonyl (C=O) groups excluding carboxylic acids is 3. The second kappa shape index (κ2) is 30.1. The van der Waals surface area contributed by atoms with Crippen molar-refractivity contribution in [2.75, 3.05) is 45.6 Å². The Bertz CT molecular complexity index is 2640. The summed E-state index contributed by atoms with van der Waals surface area (Å²) in [5, 5.41) is 27.1. The third-order valence-corrected chi connectivity index (χ3v) is 16.2. The normalized spacial score (nSPS) is 25.9. The van der Waals surface area contributed by atoms with Gasteiger partial charge in [0.25, 0.3) is 16.6 Å². The van der Waals surface area contributed by atoms with Crippen molar-refractivity contribution in [1.82, 2.24) is 31.2 Å². The van der Waals surface area contributed by atoms with Crippen molar-refractivity contribution in [3.8, 4) is 0 Å². The van der Waals surface area contributed by atoms with Crippen LogP contribution in [0.2, 0.25) is 0 Å². The summed E-state index contributed by atoms with van der Waals surface area (Å²) in [6, 6.07) is 7.72. The maximum absolute atomic E-state index is 13.1. The molecule has 4 saturated carbocycles. The molecule has 16 nitrogen and oxygen atoms in total. The van der Waals surface area contributed by atoms with E-state index in [9.17, 15) is 44.3 Å². The molecule has 2 aromatic carbocycles. The third-order valence-electron chi connectivity index (χ3n) is 15.6. The number of hydrogen-bond acceptors (Lipinski definition) is 14. The summed E-state index contributed by atoms with van der Waals surface area (Å²) >= 11 is 0. The van der Waals surface area contributed by atoms with Crippen LogP contribution in [0.15, 0.2) is 45.4 Å². The van der Waals surface area contributed by atoms with E-state index in [2.05, 4.69) is 49.9 Å². The molecule has 4 atom stereocenters. The SMILES string of the molecule is CC1CCC(NC(=O)C2C[C@H]2COS(C)(=O)=O)CC1.CC1CCC(NC(=O)[C@@H]2CC2CN2CCC(c3noc4ccc(C(F)(F)F)cc34)CC2)CC1.FC(F)(F)c1ccc2onc(C3CCNCC3)c2c1.O=CO[O-].[H-].[K+].[K+]. The first kappa shape index (κ1) is 66.2. The van der Waals surface area contributed by atoms with E-state index in [-0.39, 0.29) is 159 Å². The molecule has 6 fully saturated rings. The van der Waals surface area contributed by atoms with Crippen molar-refractivity contribution in [1.29, 1.82) is 0 Å². The standard InChI is InChI=1S/C25H32F3N3O2.C13H13F3N2O.C13H23NO4S.CH2O3.2K.H/c1-15-2-5-19(6-3-15)29-24(32)20-12-17(20)14-31-10-8-16(9-11-31)23-21-13-18(25(26,27)28)4-7-22(21)33-30-23;14-13(15,16)9-1-2-11-10(7-9)12(18-19-11)8-3-5-17-6-4-8;1-9-3-5-11(6-4-9)14-13(15)12-7-10(12)8-18-19(2,16)17;2-1-4-3;;;/h4,7,13,15-17,19-20H,2-3,5-6,8-12,14H2,1H3,(H,29,32);1-2,7-8,17H,3-6H2;9-12H,3-8H2,1-2H3,(H,14,15);1,3H;;;/q;;;;2*+1;-1/p-1/t15?,17?,19?,20-;;9?,10-,11?,12?;;;;/m1.0..../s1. The maximum Gasteiger partial charge on any atom is 1.00 e. The summed E-state index contributed by atoms with van der Waals surface area (Å²) in [5.74, 6) is 2.68. The van der Waals surface area contributed by atoms with Crippen molar-refractivity contribution < 1.29 is 177 Å². The van der Waals surface area contributed by atoms with E-state index in [0.717, 1.165) is 139 Å². The molecule has 4 aromatic rings. The van der Waals surface area contributed by atoms with Crippen LogP contribution >= 0.6 is 0 Å². The minimum Gasteiger partial charge on any atom is -1.00 e. The molecule has 2 saturated heterocycles. The van der Waals surface area contributed by atoms with E-state index >= 15 is 0 Å². The first-order valence-corrected chi connectivity index (χ1v) is 27.9. The fourth-order valence-corrected chi connectivity index (χ4v) is 11.3. The molecule has 2 amide bonds. The quantitative estimate of drug-likeness (QED) is 0.0464. The van der Waals surface area contributed by atoms with Crippen LogP contribution in [0, 0.1) is 35.5 Å². The predicted molar refractivity (Wildman–Crippen MR) is 263 cm³/mol. The van der Waals surface area contributed by atoms with E-state index in [4.69, 9.17) is 23.3 Å². The van der Waals surface area contributed by atoms with Crippen LogP contribution in [0.5, 0.6) is 0 Å². The summed E-state index contributed by atoms with van der Waals surface area (Å²) in [6.45, 7) is 8.85. The van der Waals surface area contributed by atoms with Gasteiger partial charge in [-0.3, -0.25) is 18.6 Å². The average Bonchev–Trinajstić information content (AvgIpc) is 4.26. The second-order valence-electron chi connectivity index (χ2n) is 21.5. The number of rotatable bonds is 12. The minimum atomic E-state index is -4.38. The van der Waals surface area contributed by atoms with Crippen LogP contribution in [-0.2, 0) is 45.9 Å².